The monoisotopic (exact) mass is 526 g/mol. The van der Waals surface area contributed by atoms with Crippen molar-refractivity contribution in [2.75, 3.05) is 18.5 Å². The van der Waals surface area contributed by atoms with Crippen molar-refractivity contribution in [1.29, 1.82) is 0 Å². The zero-order valence-electron chi connectivity index (χ0n) is 23.2. The van der Waals surface area contributed by atoms with Crippen molar-refractivity contribution in [2.24, 2.45) is 0 Å². The molecular weight excluding hydrogens is 480 g/mol. The van der Waals surface area contributed by atoms with Crippen molar-refractivity contribution in [1.82, 2.24) is 14.5 Å². The number of carbonyl (C=O) groups is 1. The molecule has 38 heavy (non-hydrogen) atoms. The average Bonchev–Trinajstić information content (AvgIpc) is 3.27. The molecule has 2 aliphatic rings. The SMILES string of the molecule is CCCCOC(=O)[C@H](CO)Nc1nc2ccccc2n(CC[C@@H]2CCC(C)N2C2CCCCCCC2)c1=O. The van der Waals surface area contributed by atoms with E-state index in [1.165, 1.54) is 51.4 Å². The van der Waals surface area contributed by atoms with Gasteiger partial charge in [-0.2, -0.15) is 0 Å². The highest BCUT2D eigenvalue weighted by atomic mass is 16.5. The molecule has 2 heterocycles. The van der Waals surface area contributed by atoms with E-state index in [-0.39, 0.29) is 11.4 Å². The minimum Gasteiger partial charge on any atom is -0.464 e. The summed E-state index contributed by atoms with van der Waals surface area (Å²) in [6.45, 7) is 4.78. The predicted octanol–water partition coefficient (Wildman–Crippen LogP) is 4.87. The highest BCUT2D eigenvalue weighted by molar-refractivity contribution is 5.80. The Morgan fingerprint density at radius 1 is 1.13 bits per heavy atom. The number of unbranched alkanes of at least 4 members (excludes halogenated alkanes) is 1. The second kappa shape index (κ2) is 14.1. The molecule has 0 radical (unpaired) electrons. The van der Waals surface area contributed by atoms with Crippen molar-refractivity contribution < 1.29 is 14.6 Å². The van der Waals surface area contributed by atoms with Gasteiger partial charge in [-0.1, -0.05) is 57.6 Å². The Labute approximate surface area is 226 Å². The first-order valence-corrected chi connectivity index (χ1v) is 14.8. The van der Waals surface area contributed by atoms with Crippen LogP contribution in [0.25, 0.3) is 11.0 Å². The van der Waals surface area contributed by atoms with Crippen molar-refractivity contribution in [3.63, 3.8) is 0 Å². The molecule has 1 aliphatic carbocycles. The summed E-state index contributed by atoms with van der Waals surface area (Å²) in [5.41, 5.74) is 1.20. The van der Waals surface area contributed by atoms with Crippen molar-refractivity contribution >= 4 is 22.8 Å². The number of nitrogens with one attached hydrogen (secondary N) is 1. The van der Waals surface area contributed by atoms with E-state index in [9.17, 15) is 14.7 Å². The highest BCUT2D eigenvalue weighted by Gasteiger charge is 2.35. The zero-order chi connectivity index (χ0) is 26.9. The minimum absolute atomic E-state index is 0.0758. The number of benzene rings is 1. The third-order valence-electron chi connectivity index (χ3n) is 8.40. The van der Waals surface area contributed by atoms with Crippen molar-refractivity contribution in [3.05, 3.63) is 34.6 Å². The van der Waals surface area contributed by atoms with E-state index in [4.69, 9.17) is 4.74 Å². The number of aliphatic hydroxyl groups is 1. The Kier molecular flexibility index (Phi) is 10.6. The third kappa shape index (κ3) is 6.94. The number of anilines is 1. The van der Waals surface area contributed by atoms with Gasteiger partial charge in [0.05, 0.1) is 24.2 Å². The lowest BCUT2D eigenvalue weighted by Crippen LogP contribution is -2.44. The van der Waals surface area contributed by atoms with Gasteiger partial charge in [0.15, 0.2) is 5.82 Å². The number of carbonyl (C=O) groups excluding carboxylic acids is 1. The third-order valence-corrected chi connectivity index (χ3v) is 8.40. The van der Waals surface area contributed by atoms with Crippen LogP contribution in [0.1, 0.15) is 90.9 Å². The molecule has 8 heteroatoms. The van der Waals surface area contributed by atoms with Gasteiger partial charge >= 0.3 is 5.97 Å². The number of hydrogen-bond donors (Lipinski definition) is 2. The molecule has 3 atom stereocenters. The first-order chi connectivity index (χ1) is 18.5. The number of aryl methyl sites for hydroxylation is 1. The van der Waals surface area contributed by atoms with Crippen LogP contribution < -0.4 is 10.9 Å². The molecule has 4 rings (SSSR count). The minimum atomic E-state index is -1.04. The van der Waals surface area contributed by atoms with Crippen LogP contribution in [0.4, 0.5) is 5.82 Å². The van der Waals surface area contributed by atoms with Crippen LogP contribution in [0, 0.1) is 0 Å². The van der Waals surface area contributed by atoms with E-state index in [1.807, 2.05) is 31.2 Å². The number of para-hydroxylation sites is 2. The lowest BCUT2D eigenvalue weighted by Gasteiger charge is -2.37. The van der Waals surface area contributed by atoms with E-state index in [2.05, 4.69) is 22.1 Å². The van der Waals surface area contributed by atoms with Gasteiger partial charge in [-0.05, 0) is 57.6 Å². The Hall–Kier alpha value is -2.45. The molecule has 1 aliphatic heterocycles. The molecule has 1 aromatic heterocycles. The molecule has 0 spiro atoms. The van der Waals surface area contributed by atoms with E-state index >= 15 is 0 Å². The summed E-state index contributed by atoms with van der Waals surface area (Å²) in [5, 5.41) is 12.7. The smallest absolute Gasteiger partial charge is 0.331 e. The van der Waals surface area contributed by atoms with Crippen LogP contribution in [0.3, 0.4) is 0 Å². The number of aliphatic hydroxyl groups excluding tert-OH is 1. The summed E-state index contributed by atoms with van der Waals surface area (Å²) in [6.07, 6.45) is 14.2. The van der Waals surface area contributed by atoms with Crippen LogP contribution in [-0.2, 0) is 16.1 Å². The van der Waals surface area contributed by atoms with Crippen LogP contribution in [0.15, 0.2) is 29.1 Å². The fourth-order valence-corrected chi connectivity index (χ4v) is 6.32. The number of likely N-dealkylation sites (tertiary alicyclic amines) is 1. The fourth-order valence-electron chi connectivity index (χ4n) is 6.32. The number of ether oxygens (including phenoxy) is 1. The van der Waals surface area contributed by atoms with E-state index in [0.717, 1.165) is 31.2 Å². The Bertz CT molecular complexity index is 1100. The maximum Gasteiger partial charge on any atom is 0.331 e. The van der Waals surface area contributed by atoms with Crippen LogP contribution in [0.2, 0.25) is 0 Å². The predicted molar refractivity (Wildman–Crippen MR) is 151 cm³/mol. The van der Waals surface area contributed by atoms with Gasteiger partial charge in [0.2, 0.25) is 0 Å². The van der Waals surface area contributed by atoms with E-state index < -0.39 is 18.6 Å². The molecule has 0 amide bonds. The topological polar surface area (TPSA) is 96.7 Å². The van der Waals surface area contributed by atoms with Gasteiger partial charge in [-0.3, -0.25) is 9.69 Å². The Morgan fingerprint density at radius 3 is 2.61 bits per heavy atom. The molecular formula is C30H46N4O4. The summed E-state index contributed by atoms with van der Waals surface area (Å²) < 4.78 is 7.07. The lowest BCUT2D eigenvalue weighted by molar-refractivity contribution is -0.145. The maximum absolute atomic E-state index is 13.6. The molecule has 0 bridgehead atoms. The largest absolute Gasteiger partial charge is 0.464 e. The lowest BCUT2D eigenvalue weighted by atomic mass is 9.94. The molecule has 2 fully saturated rings. The molecule has 2 aromatic rings. The van der Waals surface area contributed by atoms with Gasteiger partial charge in [0, 0.05) is 24.7 Å². The summed E-state index contributed by atoms with van der Waals surface area (Å²) in [4.78, 5) is 33.4. The van der Waals surface area contributed by atoms with Gasteiger partial charge in [0.25, 0.3) is 5.56 Å². The first kappa shape index (κ1) is 28.6. The summed E-state index contributed by atoms with van der Waals surface area (Å²) in [7, 11) is 0. The van der Waals surface area contributed by atoms with Gasteiger partial charge in [0.1, 0.15) is 6.04 Å². The Balaban J connectivity index is 1.53. The van der Waals surface area contributed by atoms with E-state index in [1.54, 1.807) is 4.57 Å². The van der Waals surface area contributed by atoms with Crippen LogP contribution in [0.5, 0.6) is 0 Å². The maximum atomic E-state index is 13.6. The quantitative estimate of drug-likeness (QED) is 0.319. The summed E-state index contributed by atoms with van der Waals surface area (Å²) in [6, 6.07) is 8.28. The van der Waals surface area contributed by atoms with Crippen molar-refractivity contribution in [3.8, 4) is 0 Å². The van der Waals surface area contributed by atoms with Crippen molar-refractivity contribution in [2.45, 2.75) is 122 Å². The number of esters is 1. The first-order valence-electron chi connectivity index (χ1n) is 14.8. The highest BCUT2D eigenvalue weighted by Crippen LogP contribution is 2.33. The van der Waals surface area contributed by atoms with E-state index in [0.29, 0.717) is 36.8 Å². The molecule has 1 unspecified atom stereocenters. The standard InChI is InChI=1S/C30H46N4O4/c1-3-4-20-38-30(37)26(21-35)32-28-29(36)33(27-15-11-10-14-25(27)31-28)19-18-24-17-16-22(2)34(24)23-12-8-6-5-7-9-13-23/h10-11,14-15,22-24,26,35H,3-9,12-13,16-21H2,1-2H3,(H,31,32)/t22?,24-,26-/m0/s1. The average molecular weight is 527 g/mol. The second-order valence-electron chi connectivity index (χ2n) is 11.1. The van der Waals surface area contributed by atoms with Crippen LogP contribution in [-0.4, -0.2) is 62.9 Å². The summed E-state index contributed by atoms with van der Waals surface area (Å²) in [5.74, 6) is -0.497. The summed E-state index contributed by atoms with van der Waals surface area (Å²) >= 11 is 0. The number of hydrogen-bond acceptors (Lipinski definition) is 7. The molecule has 1 saturated carbocycles. The molecule has 210 valence electrons. The molecule has 1 saturated heterocycles. The van der Waals surface area contributed by atoms with Crippen LogP contribution >= 0.6 is 0 Å². The second-order valence-corrected chi connectivity index (χ2v) is 11.1. The number of nitrogens with zero attached hydrogens (tertiary/aromatic N) is 3. The number of fused-ring (bicyclic) bond motifs is 1. The van der Waals surface area contributed by atoms with Gasteiger partial charge in [-0.25, -0.2) is 9.78 Å². The number of aromatic nitrogens is 2. The molecule has 1 aromatic carbocycles. The number of rotatable bonds is 11. The van der Waals surface area contributed by atoms with Gasteiger partial charge in [-0.15, -0.1) is 0 Å². The fraction of sp³-hybridized carbons (Fsp3) is 0.700. The Morgan fingerprint density at radius 2 is 1.87 bits per heavy atom. The molecule has 8 nitrogen and oxygen atoms in total. The zero-order valence-corrected chi connectivity index (χ0v) is 23.2. The normalized spacial score (nSPS) is 22.2. The molecule has 2 N–H and O–H groups in total. The van der Waals surface area contributed by atoms with Gasteiger partial charge < -0.3 is 19.7 Å².